The van der Waals surface area contributed by atoms with Crippen molar-refractivity contribution in [3.05, 3.63) is 0 Å². The van der Waals surface area contributed by atoms with Gasteiger partial charge in [-0.15, -0.1) is 0 Å². The van der Waals surface area contributed by atoms with Gasteiger partial charge >= 0.3 is 0 Å². The Bertz CT molecular complexity index is 465. The lowest BCUT2D eigenvalue weighted by Crippen LogP contribution is -2.60. The van der Waals surface area contributed by atoms with Gasteiger partial charge in [0, 0.05) is 6.04 Å². The van der Waals surface area contributed by atoms with Gasteiger partial charge in [-0.2, -0.15) is 0 Å². The van der Waals surface area contributed by atoms with Crippen molar-refractivity contribution in [3.8, 4) is 0 Å². The van der Waals surface area contributed by atoms with Crippen molar-refractivity contribution >= 4 is 0 Å². The Kier molecular flexibility index (Phi) is 5.59. The predicted molar refractivity (Wildman–Crippen MR) is 112 cm³/mol. The molecule has 5 rings (SSSR count). The topological polar surface area (TPSA) is 32.3 Å². The van der Waals surface area contributed by atoms with E-state index in [1.807, 2.05) is 0 Å². The van der Waals surface area contributed by atoms with Crippen LogP contribution in [0.3, 0.4) is 0 Å². The number of rotatable bonds is 3. The van der Waals surface area contributed by atoms with E-state index in [4.69, 9.17) is 0 Å². The third kappa shape index (κ3) is 3.52. The van der Waals surface area contributed by atoms with E-state index >= 15 is 0 Å². The monoisotopic (exact) mass is 373 g/mol. The largest absolute Gasteiger partial charge is 0.388 e. The summed E-state index contributed by atoms with van der Waals surface area (Å²) in [5, 5.41) is 16.3. The molecule has 1 saturated heterocycles. The lowest BCUT2D eigenvalue weighted by Gasteiger charge is -2.54. The quantitative estimate of drug-likeness (QED) is 0.667. The summed E-state index contributed by atoms with van der Waals surface area (Å²) in [6, 6.07) is 0.382. The molecule has 6 unspecified atom stereocenters. The van der Waals surface area contributed by atoms with Gasteiger partial charge in [-0.05, 0) is 93.4 Å². The van der Waals surface area contributed by atoms with Crippen molar-refractivity contribution < 1.29 is 5.11 Å². The molecule has 0 spiro atoms. The summed E-state index contributed by atoms with van der Waals surface area (Å²) in [6.07, 6.45) is 22.3. The number of hydrogen-bond acceptors (Lipinski definition) is 2. The molecule has 0 bridgehead atoms. The van der Waals surface area contributed by atoms with Crippen LogP contribution in [0.15, 0.2) is 0 Å². The van der Waals surface area contributed by atoms with Gasteiger partial charge in [0.2, 0.25) is 0 Å². The lowest BCUT2D eigenvalue weighted by atomic mass is 9.55. The van der Waals surface area contributed by atoms with Crippen LogP contribution in [-0.4, -0.2) is 23.3 Å². The first-order valence-electron chi connectivity index (χ1n) is 12.7. The second-order valence-corrected chi connectivity index (χ2v) is 11.2. The van der Waals surface area contributed by atoms with E-state index in [1.54, 1.807) is 0 Å². The van der Waals surface area contributed by atoms with E-state index in [2.05, 4.69) is 5.32 Å². The summed E-state index contributed by atoms with van der Waals surface area (Å²) in [5.41, 5.74) is -0.415. The van der Waals surface area contributed by atoms with Crippen LogP contribution in [0.4, 0.5) is 0 Å². The number of hydrogen-bond donors (Lipinski definition) is 2. The van der Waals surface area contributed by atoms with Gasteiger partial charge in [-0.1, -0.05) is 51.4 Å². The summed E-state index contributed by atoms with van der Waals surface area (Å²) in [4.78, 5) is 0. The molecule has 7 atom stereocenters. The molecule has 2 N–H and O–H groups in total. The van der Waals surface area contributed by atoms with Crippen molar-refractivity contribution in [2.75, 3.05) is 6.54 Å². The van der Waals surface area contributed by atoms with Crippen molar-refractivity contribution in [2.45, 2.75) is 114 Å². The summed E-state index contributed by atoms with van der Waals surface area (Å²) < 4.78 is 0. The minimum atomic E-state index is -0.415. The summed E-state index contributed by atoms with van der Waals surface area (Å²) in [6.45, 7) is 1.13. The molecule has 27 heavy (non-hydrogen) atoms. The third-order valence-electron chi connectivity index (χ3n) is 10.0. The first-order chi connectivity index (χ1) is 13.2. The molecule has 0 amide bonds. The number of nitrogens with one attached hydrogen (secondary N) is 1. The summed E-state index contributed by atoms with van der Waals surface area (Å²) in [5.74, 6) is 4.97. The van der Waals surface area contributed by atoms with Gasteiger partial charge in [0.05, 0.1) is 5.60 Å². The molecule has 2 nitrogen and oxygen atoms in total. The maximum Gasteiger partial charge on any atom is 0.0856 e. The van der Waals surface area contributed by atoms with Gasteiger partial charge in [0.1, 0.15) is 0 Å². The van der Waals surface area contributed by atoms with Crippen LogP contribution >= 0.6 is 0 Å². The van der Waals surface area contributed by atoms with E-state index in [0.29, 0.717) is 17.9 Å². The molecule has 0 radical (unpaired) electrons. The molecule has 2 heteroatoms. The Labute approximate surface area is 167 Å². The predicted octanol–water partition coefficient (Wildman–Crippen LogP) is 5.68. The van der Waals surface area contributed by atoms with E-state index in [1.165, 1.54) is 103 Å². The van der Waals surface area contributed by atoms with Crippen LogP contribution in [0.25, 0.3) is 0 Å². The fourth-order valence-electron chi connectivity index (χ4n) is 8.57. The summed E-state index contributed by atoms with van der Waals surface area (Å²) in [7, 11) is 0. The first kappa shape index (κ1) is 18.9. The SMILES string of the molecule is OC(C1CCC2CCCCC2C1)(C1CCC2CCCCC2C1)[C@@H]1CCCN1. The van der Waals surface area contributed by atoms with Gasteiger partial charge in [-0.25, -0.2) is 0 Å². The molecule has 0 aromatic heterocycles. The maximum absolute atomic E-state index is 12.5. The minimum Gasteiger partial charge on any atom is -0.388 e. The molecule has 0 aromatic carbocycles. The Morgan fingerprint density at radius 2 is 1.07 bits per heavy atom. The second kappa shape index (κ2) is 7.98. The molecule has 4 aliphatic carbocycles. The van der Waals surface area contributed by atoms with Crippen molar-refractivity contribution in [3.63, 3.8) is 0 Å². The highest BCUT2D eigenvalue weighted by Crippen LogP contribution is 2.54. The van der Waals surface area contributed by atoms with Gasteiger partial charge < -0.3 is 10.4 Å². The fraction of sp³-hybridized carbons (Fsp3) is 1.00. The smallest absolute Gasteiger partial charge is 0.0856 e. The van der Waals surface area contributed by atoms with Gasteiger partial charge in [-0.3, -0.25) is 0 Å². The van der Waals surface area contributed by atoms with Gasteiger partial charge in [0.15, 0.2) is 0 Å². The lowest BCUT2D eigenvalue weighted by molar-refractivity contribution is -0.136. The van der Waals surface area contributed by atoms with E-state index < -0.39 is 5.60 Å². The average Bonchev–Trinajstić information content (AvgIpc) is 3.28. The molecule has 154 valence electrons. The molecular weight excluding hydrogens is 330 g/mol. The zero-order valence-electron chi connectivity index (χ0n) is 17.5. The third-order valence-corrected chi connectivity index (χ3v) is 10.0. The highest BCUT2D eigenvalue weighted by molar-refractivity contribution is 5.07. The van der Waals surface area contributed by atoms with Crippen LogP contribution in [0.1, 0.15) is 103 Å². The Morgan fingerprint density at radius 1 is 0.556 bits per heavy atom. The van der Waals surface area contributed by atoms with Crippen molar-refractivity contribution in [1.29, 1.82) is 0 Å². The average molecular weight is 374 g/mol. The van der Waals surface area contributed by atoms with Crippen LogP contribution < -0.4 is 5.32 Å². The zero-order valence-corrected chi connectivity index (χ0v) is 17.5. The fourth-order valence-corrected chi connectivity index (χ4v) is 8.57. The minimum absolute atomic E-state index is 0.382. The van der Waals surface area contributed by atoms with E-state index in [0.717, 1.165) is 30.2 Å². The van der Waals surface area contributed by atoms with E-state index in [-0.39, 0.29) is 0 Å². The maximum atomic E-state index is 12.5. The Morgan fingerprint density at radius 3 is 1.56 bits per heavy atom. The van der Waals surface area contributed by atoms with Crippen molar-refractivity contribution in [2.24, 2.45) is 35.5 Å². The second-order valence-electron chi connectivity index (χ2n) is 11.2. The number of fused-ring (bicyclic) bond motifs is 2. The highest BCUT2D eigenvalue weighted by Gasteiger charge is 2.53. The first-order valence-corrected chi connectivity index (χ1v) is 12.7. The molecule has 1 aliphatic heterocycles. The Balaban J connectivity index is 1.36. The molecule has 5 aliphatic rings. The van der Waals surface area contributed by atoms with Crippen LogP contribution in [0.2, 0.25) is 0 Å². The number of aliphatic hydroxyl groups is 1. The molecule has 0 aromatic rings. The zero-order chi connectivity index (χ0) is 18.3. The summed E-state index contributed by atoms with van der Waals surface area (Å²) >= 11 is 0. The highest BCUT2D eigenvalue weighted by atomic mass is 16.3. The van der Waals surface area contributed by atoms with Gasteiger partial charge in [0.25, 0.3) is 0 Å². The standard InChI is InChI=1S/C25H43NO/c27-25(24-10-5-15-26-24,22-13-11-18-6-1-3-8-20(18)16-22)23-14-12-19-7-2-4-9-21(19)17-23/h18-24,26-27H,1-17H2/t18?,19?,20?,21?,22?,23?,24-,25?/m0/s1. The molecular formula is C25H43NO. The molecule has 5 fully saturated rings. The van der Waals surface area contributed by atoms with E-state index in [9.17, 15) is 5.11 Å². The normalized spacial score (nSPS) is 47.7. The Hall–Kier alpha value is -0.0800. The van der Waals surface area contributed by atoms with Crippen LogP contribution in [0, 0.1) is 35.5 Å². The van der Waals surface area contributed by atoms with Crippen LogP contribution in [0.5, 0.6) is 0 Å². The molecule has 1 heterocycles. The van der Waals surface area contributed by atoms with Crippen molar-refractivity contribution in [1.82, 2.24) is 5.32 Å². The van der Waals surface area contributed by atoms with Crippen LogP contribution in [-0.2, 0) is 0 Å². The molecule has 4 saturated carbocycles.